The Morgan fingerprint density at radius 1 is 0.854 bits per heavy atom. The molecule has 1 aliphatic rings. The van der Waals surface area contributed by atoms with Gasteiger partial charge < -0.3 is 20.7 Å². The lowest BCUT2D eigenvalue weighted by Crippen LogP contribution is -2.57. The summed E-state index contributed by atoms with van der Waals surface area (Å²) >= 11 is 6.10. The van der Waals surface area contributed by atoms with Crippen LogP contribution in [0.15, 0.2) is 48.5 Å². The van der Waals surface area contributed by atoms with E-state index in [1.807, 2.05) is 37.3 Å². The summed E-state index contributed by atoms with van der Waals surface area (Å²) in [4.78, 5) is 39.0. The third kappa shape index (κ3) is 15.3. The van der Waals surface area contributed by atoms with Crippen LogP contribution in [0.2, 0.25) is 5.02 Å². The van der Waals surface area contributed by atoms with Gasteiger partial charge in [0.25, 0.3) is 5.91 Å². The average molecular weight is 684 g/mol. The minimum Gasteiger partial charge on any atom is -0.494 e. The number of nitrogens with one attached hydrogen (secondary N) is 3. The van der Waals surface area contributed by atoms with Gasteiger partial charge in [-0.2, -0.15) is 0 Å². The second-order valence-corrected chi connectivity index (χ2v) is 13.1. The van der Waals surface area contributed by atoms with Crippen LogP contribution in [0.3, 0.4) is 0 Å². The Bertz CT molecular complexity index is 1220. The summed E-state index contributed by atoms with van der Waals surface area (Å²) in [6, 6.07) is 14.4. The number of hydrogen-bond acceptors (Lipinski definition) is 6. The zero-order valence-corrected chi connectivity index (χ0v) is 30.0. The van der Waals surface area contributed by atoms with Gasteiger partial charge in [0, 0.05) is 43.3 Å². The number of anilines is 1. The smallest absolute Gasteiger partial charge is 0.280 e. The predicted molar refractivity (Wildman–Crippen MR) is 195 cm³/mol. The van der Waals surface area contributed by atoms with Gasteiger partial charge in [0.1, 0.15) is 5.75 Å². The van der Waals surface area contributed by atoms with Crippen molar-refractivity contribution in [1.82, 2.24) is 20.7 Å². The fraction of sp³-hybridized carbons (Fsp3) is 0.605. The first-order chi connectivity index (χ1) is 23.4. The second-order valence-electron chi connectivity index (χ2n) is 12.7. The molecule has 0 aliphatic carbocycles. The fourth-order valence-electron chi connectivity index (χ4n) is 5.96. The van der Waals surface area contributed by atoms with Crippen LogP contribution in [0.4, 0.5) is 5.69 Å². The molecule has 1 heterocycles. The number of hydrogen-bond donors (Lipinski definition) is 3. The van der Waals surface area contributed by atoms with Crippen molar-refractivity contribution in [3.63, 3.8) is 0 Å². The van der Waals surface area contributed by atoms with Crippen LogP contribution in [0, 0.1) is 0 Å². The number of amides is 3. The molecule has 2 aromatic rings. The third-order valence-corrected chi connectivity index (χ3v) is 8.85. The molecule has 1 atom stereocenters. The Morgan fingerprint density at radius 2 is 1.52 bits per heavy atom. The summed E-state index contributed by atoms with van der Waals surface area (Å²) in [5.74, 6) is 0.238. The molecule has 0 bridgehead atoms. The lowest BCUT2D eigenvalue weighted by Gasteiger charge is -2.34. The molecule has 1 unspecified atom stereocenters. The van der Waals surface area contributed by atoms with Gasteiger partial charge in [-0.3, -0.25) is 19.4 Å². The predicted octanol–water partition coefficient (Wildman–Crippen LogP) is 7.49. The van der Waals surface area contributed by atoms with E-state index >= 15 is 0 Å². The van der Waals surface area contributed by atoms with Gasteiger partial charge in [-0.25, -0.2) is 5.01 Å². The Kier molecular flexibility index (Phi) is 18.9. The number of benzene rings is 2. The topological polar surface area (TPSA) is 103 Å². The molecule has 3 N–H and O–H groups in total. The van der Waals surface area contributed by atoms with Crippen LogP contribution < -0.4 is 20.7 Å². The minimum atomic E-state index is -0.956. The molecule has 2 aromatic carbocycles. The van der Waals surface area contributed by atoms with Crippen LogP contribution in [-0.2, 0) is 20.8 Å². The lowest BCUT2D eigenvalue weighted by atomic mass is 10.1. The summed E-state index contributed by atoms with van der Waals surface area (Å²) in [5, 5.41) is 13.5. The second kappa shape index (κ2) is 23.1. The molecule has 0 radical (unpaired) electrons. The number of halogens is 1. The highest BCUT2D eigenvalue weighted by Gasteiger charge is 2.30. The summed E-state index contributed by atoms with van der Waals surface area (Å²) in [6.07, 6.45) is 15.1. The number of carbonyl (C=O) groups excluding carboxylic acids is 3. The third-order valence-electron chi connectivity index (χ3n) is 8.62. The van der Waals surface area contributed by atoms with E-state index in [1.165, 1.54) is 57.8 Å². The van der Waals surface area contributed by atoms with E-state index < -0.39 is 6.17 Å². The maximum absolute atomic E-state index is 13.7. The molecule has 0 aromatic heterocycles. The van der Waals surface area contributed by atoms with Crippen LogP contribution in [0.5, 0.6) is 5.75 Å². The van der Waals surface area contributed by atoms with Crippen LogP contribution in [-0.4, -0.2) is 66.7 Å². The van der Waals surface area contributed by atoms with E-state index in [-0.39, 0.29) is 24.1 Å². The van der Waals surface area contributed by atoms with Crippen molar-refractivity contribution in [2.45, 2.75) is 116 Å². The maximum atomic E-state index is 13.7. The first-order valence-electron chi connectivity index (χ1n) is 18.3. The molecule has 0 spiro atoms. The molecular formula is C38H58ClN5O4. The van der Waals surface area contributed by atoms with Crippen molar-refractivity contribution in [2.24, 2.45) is 0 Å². The summed E-state index contributed by atoms with van der Waals surface area (Å²) in [5.41, 5.74) is 1.44. The van der Waals surface area contributed by atoms with Crippen molar-refractivity contribution in [1.29, 1.82) is 0 Å². The number of likely N-dealkylation sites (N-methyl/N-ethyl adjacent to an activating group) is 1. The van der Waals surface area contributed by atoms with Gasteiger partial charge in [-0.1, -0.05) is 88.4 Å². The van der Waals surface area contributed by atoms with Crippen LogP contribution >= 0.6 is 11.6 Å². The monoisotopic (exact) mass is 683 g/mol. The highest BCUT2D eigenvalue weighted by Crippen LogP contribution is 2.19. The molecule has 9 nitrogen and oxygen atoms in total. The van der Waals surface area contributed by atoms with Crippen molar-refractivity contribution >= 4 is 35.0 Å². The van der Waals surface area contributed by atoms with Gasteiger partial charge in [-0.15, -0.1) is 0 Å². The molecule has 0 saturated carbocycles. The number of unbranched alkanes of at least 4 members (excludes halogenated alkanes) is 9. The lowest BCUT2D eigenvalue weighted by molar-refractivity contribution is -0.149. The Morgan fingerprint density at radius 3 is 2.17 bits per heavy atom. The van der Waals surface area contributed by atoms with E-state index in [2.05, 4.69) is 27.9 Å². The molecular weight excluding hydrogens is 626 g/mol. The van der Waals surface area contributed by atoms with Gasteiger partial charge >= 0.3 is 0 Å². The zero-order chi connectivity index (χ0) is 34.4. The molecule has 48 heavy (non-hydrogen) atoms. The van der Waals surface area contributed by atoms with Gasteiger partial charge in [0.2, 0.25) is 11.8 Å². The normalized spacial score (nSPS) is 13.6. The number of carbonyl (C=O) groups is 3. The summed E-state index contributed by atoms with van der Waals surface area (Å²) < 4.78 is 5.87. The quantitative estimate of drug-likeness (QED) is 0.0783. The Labute approximate surface area is 293 Å². The van der Waals surface area contributed by atoms with Crippen LogP contribution in [0.1, 0.15) is 109 Å². The van der Waals surface area contributed by atoms with Crippen molar-refractivity contribution < 1.29 is 19.1 Å². The van der Waals surface area contributed by atoms with E-state index in [4.69, 9.17) is 16.3 Å². The fourth-order valence-corrected chi connectivity index (χ4v) is 6.17. The highest BCUT2D eigenvalue weighted by molar-refractivity contribution is 6.30. The first-order valence-corrected chi connectivity index (χ1v) is 18.6. The SMILES string of the molecule is CCCCCCCCCCCCNC(=O)CCCOc1ccc(NC(NC(=O)Cc2cccc(Cl)c2)C(=O)N(CC)N2CCCC2)cc1. The largest absolute Gasteiger partial charge is 0.494 e. The Hall–Kier alpha value is -3.30. The molecule has 266 valence electrons. The van der Waals surface area contributed by atoms with E-state index in [0.29, 0.717) is 42.5 Å². The number of hydrazine groups is 1. The molecule has 1 saturated heterocycles. The molecule has 1 aliphatic heterocycles. The van der Waals surface area contributed by atoms with Crippen molar-refractivity contribution in [2.75, 3.05) is 38.1 Å². The van der Waals surface area contributed by atoms with Gasteiger partial charge in [0.05, 0.1) is 13.0 Å². The van der Waals surface area contributed by atoms with Crippen molar-refractivity contribution in [3.05, 3.63) is 59.1 Å². The first kappa shape index (κ1) is 39.1. The zero-order valence-electron chi connectivity index (χ0n) is 29.2. The summed E-state index contributed by atoms with van der Waals surface area (Å²) in [6.45, 7) is 7.50. The van der Waals surface area contributed by atoms with E-state index in [0.717, 1.165) is 44.5 Å². The van der Waals surface area contributed by atoms with Gasteiger partial charge in [-0.05, 0) is 74.6 Å². The Balaban J connectivity index is 1.39. The minimum absolute atomic E-state index is 0.0669. The molecule has 1 fully saturated rings. The highest BCUT2D eigenvalue weighted by atomic mass is 35.5. The van der Waals surface area contributed by atoms with Crippen LogP contribution in [0.25, 0.3) is 0 Å². The van der Waals surface area contributed by atoms with Crippen molar-refractivity contribution in [3.8, 4) is 5.75 Å². The summed E-state index contributed by atoms with van der Waals surface area (Å²) in [7, 11) is 0. The molecule has 10 heteroatoms. The average Bonchev–Trinajstić information content (AvgIpc) is 3.61. The van der Waals surface area contributed by atoms with Gasteiger partial charge in [0.15, 0.2) is 6.17 Å². The van der Waals surface area contributed by atoms with E-state index in [1.54, 1.807) is 23.2 Å². The number of rotatable bonds is 24. The standard InChI is InChI=1S/C38H58ClN5O4/c1-3-5-6-7-8-9-10-11-12-13-25-40-35(45)20-17-28-48-34-23-21-33(22-24-34)41-37(38(47)44(4-2)43-26-14-15-27-43)42-36(46)30-31-18-16-19-32(39)29-31/h16,18-19,21-24,29,37,41H,3-15,17,20,25-28,30H2,1-2H3,(H,40,45)(H,42,46). The van der Waals surface area contributed by atoms with E-state index in [9.17, 15) is 14.4 Å². The molecule has 3 amide bonds. The number of nitrogens with zero attached hydrogens (tertiary/aromatic N) is 2. The maximum Gasteiger partial charge on any atom is 0.280 e. The molecule has 3 rings (SSSR count). The number of ether oxygens (including phenoxy) is 1.